The molecular weight excluding hydrogens is 1020 g/mol. The quantitative estimate of drug-likeness (QED) is 0.0981. The third-order valence-corrected chi connectivity index (χ3v) is 15.7. The lowest BCUT2D eigenvalue weighted by Crippen LogP contribution is -2.36. The normalized spacial score (nSPS) is 13.8. The second-order valence-electron chi connectivity index (χ2n) is 23.0. The van der Waals surface area contributed by atoms with E-state index in [1.807, 2.05) is 82.7 Å². The number of nitrogens with one attached hydrogen (secondary N) is 1. The van der Waals surface area contributed by atoms with E-state index in [2.05, 4.69) is 124 Å². The number of nitrogens with zero attached hydrogens (tertiary/aromatic N) is 7. The van der Waals surface area contributed by atoms with Crippen molar-refractivity contribution in [1.82, 2.24) is 40.2 Å². The molecule has 2 aliphatic rings. The van der Waals surface area contributed by atoms with Crippen LogP contribution in [0.15, 0.2) is 109 Å². The number of rotatable bonds is 12. The highest BCUT2D eigenvalue weighted by atomic mass is 16.5. The third kappa shape index (κ3) is 13.8. The first kappa shape index (κ1) is 60.6. The summed E-state index contributed by atoms with van der Waals surface area (Å²) >= 11 is 0. The molecule has 2 unspecified atom stereocenters. The van der Waals surface area contributed by atoms with Gasteiger partial charge in [-0.3, -0.25) is 14.4 Å². The predicted octanol–water partition coefficient (Wildman–Crippen LogP) is 12.3. The standard InChI is InChI=1S/C32H36N4O3.C22H26N4O2.C11H14O2.CH4/c1-6-36-28-14-13-26(20(2)30(28)33-34-36)27(18-29(37)38)23-8-7-21-15-16-35(19-24(21)17-23)31(39)22-9-11-25(12-10-22)32(3,4)5;1-4-26-20-8-7-18(14(2)22(20)24-25-26)19(12-21(27)28-3)16-6-5-15-9-10-23-13-17(15)11-16;1-11(2,3)9-6-4-8(5-7-9)10(12)13;/h7-14,17,27H,6,15-16,18-19H2,1-5H3,(H,37,38);5-8,11,19,23H,4,9-10,12-13H2,1-3H3;4-7H,1-3H3,(H,12,13);1H4. The summed E-state index contributed by atoms with van der Waals surface area (Å²) in [4.78, 5) is 50.0. The Balaban J connectivity index is 0.000000196. The minimum Gasteiger partial charge on any atom is -0.481 e. The van der Waals surface area contributed by atoms with Crippen molar-refractivity contribution < 1.29 is 34.1 Å². The van der Waals surface area contributed by atoms with Crippen molar-refractivity contribution in [2.75, 3.05) is 20.2 Å². The number of aryl methyl sites for hydroxylation is 4. The molecule has 81 heavy (non-hydrogen) atoms. The maximum atomic E-state index is 13.4. The number of fused-ring (bicyclic) bond motifs is 4. The largest absolute Gasteiger partial charge is 0.481 e. The highest BCUT2D eigenvalue weighted by molar-refractivity contribution is 5.94. The Bertz CT molecular complexity index is 3550. The van der Waals surface area contributed by atoms with Gasteiger partial charge in [-0.2, -0.15) is 0 Å². The van der Waals surface area contributed by atoms with E-state index in [0.29, 0.717) is 37.2 Å². The summed E-state index contributed by atoms with van der Waals surface area (Å²) in [6.07, 6.45) is 2.09. The number of amides is 1. The lowest BCUT2D eigenvalue weighted by molar-refractivity contribution is -0.141. The van der Waals surface area contributed by atoms with Gasteiger partial charge in [0, 0.05) is 50.1 Å². The molecule has 0 spiro atoms. The van der Waals surface area contributed by atoms with Crippen molar-refractivity contribution in [2.45, 2.75) is 151 Å². The molecule has 2 atom stereocenters. The fourth-order valence-corrected chi connectivity index (χ4v) is 10.9. The van der Waals surface area contributed by atoms with Crippen LogP contribution >= 0.6 is 0 Å². The number of carboxylic acids is 2. The van der Waals surface area contributed by atoms with Gasteiger partial charge in [-0.25, -0.2) is 14.2 Å². The molecule has 10 rings (SSSR count). The van der Waals surface area contributed by atoms with Crippen LogP contribution < -0.4 is 5.32 Å². The van der Waals surface area contributed by atoms with E-state index in [4.69, 9.17) is 9.84 Å². The van der Waals surface area contributed by atoms with Gasteiger partial charge in [0.1, 0.15) is 11.0 Å². The smallest absolute Gasteiger partial charge is 0.335 e. The summed E-state index contributed by atoms with van der Waals surface area (Å²) in [5.74, 6) is -2.33. The van der Waals surface area contributed by atoms with Crippen molar-refractivity contribution in [3.8, 4) is 0 Å². The molecule has 0 bridgehead atoms. The molecule has 426 valence electrons. The number of esters is 1. The number of methoxy groups -OCH3 is 1. The molecular formula is C66H80N8O7. The number of aliphatic carboxylic acids is 1. The van der Waals surface area contributed by atoms with E-state index < -0.39 is 11.9 Å². The number of ether oxygens (including phenoxy) is 1. The monoisotopic (exact) mass is 1100 g/mol. The van der Waals surface area contributed by atoms with E-state index in [1.54, 1.807) is 12.1 Å². The highest BCUT2D eigenvalue weighted by Crippen LogP contribution is 2.37. The van der Waals surface area contributed by atoms with Gasteiger partial charge in [0.15, 0.2) is 0 Å². The summed E-state index contributed by atoms with van der Waals surface area (Å²) in [7, 11) is 1.44. The van der Waals surface area contributed by atoms with Gasteiger partial charge in [-0.1, -0.05) is 132 Å². The average Bonchev–Trinajstić information content (AvgIpc) is 4.33. The number of aromatic nitrogens is 6. The number of benzene rings is 6. The molecule has 6 aromatic carbocycles. The lowest BCUT2D eigenvalue weighted by atomic mass is 9.83. The molecule has 0 fully saturated rings. The summed E-state index contributed by atoms with van der Waals surface area (Å²) < 4.78 is 8.74. The fraction of sp³-hybridized carbons (Fsp3) is 0.394. The Morgan fingerprint density at radius 3 is 1.57 bits per heavy atom. The molecule has 1 amide bonds. The van der Waals surface area contributed by atoms with Gasteiger partial charge >= 0.3 is 17.9 Å². The molecule has 4 heterocycles. The number of carbonyl (C=O) groups excluding carboxylic acids is 2. The molecule has 15 heteroatoms. The van der Waals surface area contributed by atoms with E-state index in [9.17, 15) is 24.3 Å². The van der Waals surface area contributed by atoms with E-state index in [-0.39, 0.29) is 48.4 Å². The van der Waals surface area contributed by atoms with Crippen molar-refractivity contribution in [2.24, 2.45) is 0 Å². The number of hydrogen-bond acceptors (Lipinski definition) is 10. The topological polar surface area (TPSA) is 195 Å². The van der Waals surface area contributed by atoms with Gasteiger partial charge in [0.25, 0.3) is 5.91 Å². The number of carbonyl (C=O) groups is 4. The summed E-state index contributed by atoms with van der Waals surface area (Å²) in [6, 6.07) is 35.9. The van der Waals surface area contributed by atoms with Crippen LogP contribution in [-0.2, 0) is 64.2 Å². The first-order chi connectivity index (χ1) is 38.1. The Morgan fingerprint density at radius 1 is 0.617 bits per heavy atom. The average molecular weight is 1100 g/mol. The zero-order chi connectivity index (χ0) is 57.6. The van der Waals surface area contributed by atoms with E-state index in [1.165, 1.54) is 29.4 Å². The predicted molar refractivity (Wildman–Crippen MR) is 319 cm³/mol. The van der Waals surface area contributed by atoms with Crippen LogP contribution in [0, 0.1) is 13.8 Å². The Morgan fingerprint density at radius 2 is 1.10 bits per heavy atom. The third-order valence-electron chi connectivity index (χ3n) is 15.7. The molecule has 2 aliphatic heterocycles. The number of carboxylic acid groups (broad SMARTS) is 2. The lowest BCUT2D eigenvalue weighted by Gasteiger charge is -2.30. The molecule has 2 aromatic heterocycles. The van der Waals surface area contributed by atoms with Gasteiger partial charge in [0.05, 0.1) is 36.5 Å². The molecule has 0 saturated carbocycles. The minimum absolute atomic E-state index is 0. The van der Waals surface area contributed by atoms with Gasteiger partial charge in [0.2, 0.25) is 0 Å². The van der Waals surface area contributed by atoms with Crippen LogP contribution in [0.3, 0.4) is 0 Å². The maximum Gasteiger partial charge on any atom is 0.335 e. The van der Waals surface area contributed by atoms with Crippen LogP contribution in [0.4, 0.5) is 0 Å². The first-order valence-corrected chi connectivity index (χ1v) is 27.7. The fourth-order valence-electron chi connectivity index (χ4n) is 10.9. The van der Waals surface area contributed by atoms with E-state index in [0.717, 1.165) is 99.1 Å². The van der Waals surface area contributed by atoms with Crippen molar-refractivity contribution in [3.05, 3.63) is 187 Å². The maximum absolute atomic E-state index is 13.4. The molecule has 0 radical (unpaired) electrons. The summed E-state index contributed by atoms with van der Waals surface area (Å²) in [5, 5.41) is 39.2. The number of aromatic carboxylic acids is 1. The minimum atomic E-state index is -0.875. The molecule has 0 aliphatic carbocycles. The van der Waals surface area contributed by atoms with Crippen LogP contribution in [0.2, 0.25) is 0 Å². The SMILES string of the molecule is C.CC(C)(C)c1ccc(C(=O)O)cc1.CCn1nnc2c(C)c(C(CC(=O)O)c3ccc4c(c3)CN(C(=O)c3ccc(C(C)(C)C)cc3)CC4)ccc21.CCn1nnc2c(C)c(C(CC(=O)OC)c3ccc4c(c3)CNCC4)ccc21. The van der Waals surface area contributed by atoms with Crippen LogP contribution in [0.25, 0.3) is 22.1 Å². The molecule has 15 nitrogen and oxygen atoms in total. The Hall–Kier alpha value is -8.04. The number of hydrogen-bond donors (Lipinski definition) is 3. The van der Waals surface area contributed by atoms with Gasteiger partial charge in [-0.05, 0) is 161 Å². The zero-order valence-electron chi connectivity index (χ0n) is 48.2. The van der Waals surface area contributed by atoms with Crippen molar-refractivity contribution in [1.29, 1.82) is 0 Å². The molecule has 8 aromatic rings. The van der Waals surface area contributed by atoms with Crippen LogP contribution in [0.5, 0.6) is 0 Å². The second kappa shape index (κ2) is 25.6. The van der Waals surface area contributed by atoms with Crippen LogP contribution in [-0.4, -0.2) is 89.1 Å². The summed E-state index contributed by atoms with van der Waals surface area (Å²) in [5.41, 5.74) is 18.3. The van der Waals surface area contributed by atoms with Gasteiger partial charge < -0.3 is 25.2 Å². The summed E-state index contributed by atoms with van der Waals surface area (Å²) in [6.45, 7) is 25.5. The zero-order valence-corrected chi connectivity index (χ0v) is 48.2. The Kier molecular flexibility index (Phi) is 19.2. The van der Waals surface area contributed by atoms with E-state index >= 15 is 0 Å². The first-order valence-electron chi connectivity index (χ1n) is 27.7. The second-order valence-corrected chi connectivity index (χ2v) is 23.0. The van der Waals surface area contributed by atoms with Crippen LogP contribution in [0.1, 0.15) is 175 Å². The van der Waals surface area contributed by atoms with Crippen molar-refractivity contribution >= 4 is 45.9 Å². The van der Waals surface area contributed by atoms with Crippen molar-refractivity contribution in [3.63, 3.8) is 0 Å². The molecule has 0 saturated heterocycles. The highest BCUT2D eigenvalue weighted by Gasteiger charge is 2.28. The van der Waals surface area contributed by atoms with Gasteiger partial charge in [-0.15, -0.1) is 10.2 Å². The Labute approximate surface area is 476 Å². The molecule has 3 N–H and O–H groups in total.